The Hall–Kier alpha value is -1.94. The van der Waals surface area contributed by atoms with Gasteiger partial charge in [-0.2, -0.15) is 0 Å². The molecule has 0 spiro atoms. The maximum atomic E-state index is 13.0. The van der Waals surface area contributed by atoms with Crippen LogP contribution in [0, 0.1) is 0 Å². The minimum atomic E-state index is -4.94. The van der Waals surface area contributed by atoms with E-state index in [0.29, 0.717) is 25.7 Å². The lowest BCUT2D eigenvalue weighted by atomic mass is 10.0. The summed E-state index contributed by atoms with van der Waals surface area (Å²) >= 11 is 0. The summed E-state index contributed by atoms with van der Waals surface area (Å²) in [5.74, 6) is -2.13. The van der Waals surface area contributed by atoms with Crippen LogP contribution in [0.5, 0.6) is 0 Å². The first kappa shape index (κ1) is 80.1. The molecule has 0 radical (unpaired) electrons. The van der Waals surface area contributed by atoms with Crippen molar-refractivity contribution < 1.29 is 80.2 Å². The fourth-order valence-electron chi connectivity index (χ4n) is 9.46. The van der Waals surface area contributed by atoms with Gasteiger partial charge in [-0.25, -0.2) is 9.13 Å². The summed E-state index contributed by atoms with van der Waals surface area (Å²) in [6.07, 6.45) is 43.0. The molecule has 0 aromatic carbocycles. The summed E-state index contributed by atoms with van der Waals surface area (Å²) in [6.45, 7) is 4.85. The van der Waals surface area contributed by atoms with Crippen LogP contribution < -0.4 is 0 Å². The van der Waals surface area contributed by atoms with Gasteiger partial charge in [0.05, 0.1) is 26.4 Å². The molecule has 0 aliphatic carbocycles. The summed E-state index contributed by atoms with van der Waals surface area (Å²) in [5.41, 5.74) is 0. The van der Waals surface area contributed by atoms with Gasteiger partial charge in [0.1, 0.15) is 19.3 Å². The molecule has 0 fully saturated rings. The lowest BCUT2D eigenvalue weighted by Crippen LogP contribution is -2.30. The van der Waals surface area contributed by atoms with E-state index in [0.717, 1.165) is 89.9 Å². The molecule has 2 unspecified atom stereocenters. The number of carbonyl (C=O) groups is 4. The normalized spacial score (nSPS) is 14.2. The van der Waals surface area contributed by atoms with Crippen LogP contribution in [0.3, 0.4) is 0 Å². The zero-order chi connectivity index (χ0) is 60.5. The second-order valence-electron chi connectivity index (χ2n) is 22.8. The van der Waals surface area contributed by atoms with Gasteiger partial charge in [-0.05, 0) is 25.7 Å². The number of esters is 4. The van der Waals surface area contributed by atoms with Gasteiger partial charge in [0.15, 0.2) is 12.2 Å². The van der Waals surface area contributed by atoms with E-state index in [4.69, 9.17) is 37.0 Å². The Bertz CT molecular complexity index is 1590. The number of hydrogen-bond donors (Lipinski definition) is 3. The third kappa shape index (κ3) is 57.2. The SMILES string of the molecule is CCCCCCCCCCCCCCCCCC(=O)O[C@H](COC(=O)CCCCCCCCCCC)COP(=O)(O)OC[C@@H](O)COP(=O)(O)OC[C@@H](COC(=O)CCCCCCCCCCC)OC(=O)CCCCCCCCCCC. The highest BCUT2D eigenvalue weighted by Gasteiger charge is 2.30. The minimum Gasteiger partial charge on any atom is -0.462 e. The first-order valence-corrected chi connectivity index (χ1v) is 36.3. The third-order valence-electron chi connectivity index (χ3n) is 14.6. The molecule has 3 N–H and O–H groups in total. The summed E-state index contributed by atoms with van der Waals surface area (Å²) in [7, 11) is -9.88. The lowest BCUT2D eigenvalue weighted by molar-refractivity contribution is -0.161. The highest BCUT2D eigenvalue weighted by molar-refractivity contribution is 7.47. The van der Waals surface area contributed by atoms with Crippen LogP contribution in [-0.4, -0.2) is 96.7 Å². The number of rotatable bonds is 64. The number of hydrogen-bond acceptors (Lipinski definition) is 15. The molecule has 0 amide bonds. The molecule has 19 heteroatoms. The van der Waals surface area contributed by atoms with Crippen molar-refractivity contribution in [2.45, 2.75) is 341 Å². The largest absolute Gasteiger partial charge is 0.472 e. The Balaban J connectivity index is 5.19. The fourth-order valence-corrected chi connectivity index (χ4v) is 11.0. The molecule has 0 bridgehead atoms. The molecular formula is C63H122O17P2. The van der Waals surface area contributed by atoms with Crippen molar-refractivity contribution in [1.29, 1.82) is 0 Å². The summed E-state index contributed by atoms with van der Waals surface area (Å²) in [6, 6.07) is 0. The highest BCUT2D eigenvalue weighted by atomic mass is 31.2. The molecule has 0 aromatic rings. The van der Waals surface area contributed by atoms with E-state index in [1.54, 1.807) is 0 Å². The quantitative estimate of drug-likeness (QED) is 0.0222. The summed E-state index contributed by atoms with van der Waals surface area (Å²) in [4.78, 5) is 72.0. The van der Waals surface area contributed by atoms with Crippen molar-refractivity contribution in [1.82, 2.24) is 0 Å². The molecule has 82 heavy (non-hydrogen) atoms. The van der Waals surface area contributed by atoms with E-state index in [9.17, 15) is 43.2 Å². The average molecular weight is 1210 g/mol. The Morgan fingerprint density at radius 2 is 0.488 bits per heavy atom. The first-order chi connectivity index (χ1) is 39.7. The number of phosphoric acid groups is 2. The Labute approximate surface area is 498 Å². The third-order valence-corrected chi connectivity index (χ3v) is 16.5. The van der Waals surface area contributed by atoms with Crippen molar-refractivity contribution in [3.63, 3.8) is 0 Å². The summed E-state index contributed by atoms with van der Waals surface area (Å²) < 4.78 is 67.9. The van der Waals surface area contributed by atoms with Crippen LogP contribution in [0.1, 0.15) is 323 Å². The van der Waals surface area contributed by atoms with E-state index in [2.05, 4.69) is 27.7 Å². The van der Waals surface area contributed by atoms with Crippen molar-refractivity contribution in [3.8, 4) is 0 Å². The van der Waals surface area contributed by atoms with Crippen LogP contribution in [-0.2, 0) is 65.4 Å². The molecule has 0 aliphatic rings. The monoisotopic (exact) mass is 1210 g/mol. The number of ether oxygens (including phenoxy) is 4. The summed E-state index contributed by atoms with van der Waals surface area (Å²) in [5, 5.41) is 10.5. The smallest absolute Gasteiger partial charge is 0.462 e. The van der Waals surface area contributed by atoms with E-state index >= 15 is 0 Å². The molecular weight excluding hydrogens is 1090 g/mol. The lowest BCUT2D eigenvalue weighted by Gasteiger charge is -2.21. The van der Waals surface area contributed by atoms with Gasteiger partial charge < -0.3 is 33.8 Å². The molecule has 17 nitrogen and oxygen atoms in total. The number of carbonyl (C=O) groups excluding carboxylic acids is 4. The van der Waals surface area contributed by atoms with Gasteiger partial charge in [0, 0.05) is 25.7 Å². The highest BCUT2D eigenvalue weighted by Crippen LogP contribution is 2.45. The zero-order valence-corrected chi connectivity index (χ0v) is 54.2. The Morgan fingerprint density at radius 1 is 0.293 bits per heavy atom. The molecule has 0 saturated heterocycles. The van der Waals surface area contributed by atoms with Crippen molar-refractivity contribution in [2.75, 3.05) is 39.6 Å². The molecule has 0 aromatic heterocycles. The standard InChI is InChI=1S/C63H122O17P2/c1-5-9-13-17-21-25-26-27-28-29-30-34-38-42-46-50-63(68)80-59(54-74-61(66)48-44-40-36-32-23-19-15-11-7-3)56-78-82(71,72)76-52-57(64)51-75-81(69,70)77-55-58(79-62(67)49-45-41-37-33-24-20-16-12-8-4)53-73-60(65)47-43-39-35-31-22-18-14-10-6-2/h57-59,64H,5-56H2,1-4H3,(H,69,70)(H,71,72)/t57-,58+,59+/m0/s1. The van der Waals surface area contributed by atoms with Gasteiger partial charge in [0.25, 0.3) is 0 Å². The number of phosphoric ester groups is 2. The number of unbranched alkanes of at least 4 members (excludes halogenated alkanes) is 38. The van der Waals surface area contributed by atoms with E-state index in [1.165, 1.54) is 154 Å². The van der Waals surface area contributed by atoms with Crippen molar-refractivity contribution >= 4 is 39.5 Å². The second kappa shape index (κ2) is 58.1. The van der Waals surface area contributed by atoms with E-state index in [1.807, 2.05) is 0 Å². The first-order valence-electron chi connectivity index (χ1n) is 33.3. The molecule has 486 valence electrons. The minimum absolute atomic E-state index is 0.106. The molecule has 0 aliphatic heterocycles. The second-order valence-corrected chi connectivity index (χ2v) is 25.7. The Kier molecular flexibility index (Phi) is 56.7. The fraction of sp³-hybridized carbons (Fsp3) is 0.937. The van der Waals surface area contributed by atoms with Crippen LogP contribution in [0.15, 0.2) is 0 Å². The maximum absolute atomic E-state index is 13.0. The predicted molar refractivity (Wildman–Crippen MR) is 326 cm³/mol. The van der Waals surface area contributed by atoms with Crippen LogP contribution >= 0.6 is 15.6 Å². The average Bonchev–Trinajstić information content (AvgIpc) is 3.45. The van der Waals surface area contributed by atoms with Crippen LogP contribution in [0.25, 0.3) is 0 Å². The predicted octanol–water partition coefficient (Wildman–Crippen LogP) is 17.5. The number of aliphatic hydroxyl groups is 1. The van der Waals surface area contributed by atoms with Crippen molar-refractivity contribution in [3.05, 3.63) is 0 Å². The topological polar surface area (TPSA) is 237 Å². The van der Waals surface area contributed by atoms with Crippen molar-refractivity contribution in [2.24, 2.45) is 0 Å². The van der Waals surface area contributed by atoms with Crippen LogP contribution in [0.4, 0.5) is 0 Å². The van der Waals surface area contributed by atoms with Gasteiger partial charge in [-0.15, -0.1) is 0 Å². The maximum Gasteiger partial charge on any atom is 0.472 e. The molecule has 0 saturated carbocycles. The number of aliphatic hydroxyl groups excluding tert-OH is 1. The molecule has 0 heterocycles. The van der Waals surface area contributed by atoms with Crippen LogP contribution in [0.2, 0.25) is 0 Å². The van der Waals surface area contributed by atoms with Gasteiger partial charge >= 0.3 is 39.5 Å². The van der Waals surface area contributed by atoms with Gasteiger partial charge in [-0.1, -0.05) is 272 Å². The van der Waals surface area contributed by atoms with E-state index < -0.39 is 97.5 Å². The molecule has 0 rings (SSSR count). The Morgan fingerprint density at radius 3 is 0.720 bits per heavy atom. The zero-order valence-electron chi connectivity index (χ0n) is 52.5. The van der Waals surface area contributed by atoms with E-state index in [-0.39, 0.29) is 25.7 Å². The van der Waals surface area contributed by atoms with Gasteiger partial charge in [0.2, 0.25) is 0 Å². The molecule has 5 atom stereocenters. The van der Waals surface area contributed by atoms with Gasteiger partial charge in [-0.3, -0.25) is 37.3 Å².